The van der Waals surface area contributed by atoms with E-state index < -0.39 is 0 Å². The van der Waals surface area contributed by atoms with Gasteiger partial charge in [0.1, 0.15) is 11.5 Å². The molecule has 1 aliphatic carbocycles. The molecule has 5 aromatic carbocycles. The van der Waals surface area contributed by atoms with E-state index in [1.165, 1.54) is 22.9 Å². The van der Waals surface area contributed by atoms with Crippen molar-refractivity contribution >= 4 is 53.4 Å². The first kappa shape index (κ1) is 33.3. The van der Waals surface area contributed by atoms with E-state index in [9.17, 15) is 10.2 Å². The van der Waals surface area contributed by atoms with Gasteiger partial charge in [-0.25, -0.2) is 0 Å². The predicted molar refractivity (Wildman–Crippen MR) is 209 cm³/mol. The highest BCUT2D eigenvalue weighted by molar-refractivity contribution is 8.03. The van der Waals surface area contributed by atoms with Crippen LogP contribution in [0.4, 0.5) is 0 Å². The SMILES string of the molecule is CC(C)(C)Sc1cc(-c2ccc(/C=C/c3ccccc3)cc2)cc(SC2=C(O)CCC(c3ccc(/C=C/c4ccccc4)cc3)=C2)c1O. The standard InChI is InChI=1S/C44H40O2S2/c1-44(2,3)48-42-30-38(36-24-20-34(21-25-36)17-15-32-12-8-5-9-13-32)29-41(43(42)46)47-40-28-37(26-27-39(40)45)35-22-18-33(19-23-35)16-14-31-10-6-4-7-11-31/h4-25,28-30,45-46H,26-27H2,1-3H3/b16-14+,17-15+. The van der Waals surface area contributed by atoms with Crippen LogP contribution in [0, 0.1) is 0 Å². The lowest BCUT2D eigenvalue weighted by Crippen LogP contribution is -2.06. The molecule has 0 atom stereocenters. The maximum absolute atomic E-state index is 11.5. The van der Waals surface area contributed by atoms with E-state index in [2.05, 4.69) is 130 Å². The van der Waals surface area contributed by atoms with Crippen molar-refractivity contribution in [2.24, 2.45) is 0 Å². The lowest BCUT2D eigenvalue weighted by Gasteiger charge is -2.22. The van der Waals surface area contributed by atoms with Crippen molar-refractivity contribution in [2.75, 3.05) is 0 Å². The van der Waals surface area contributed by atoms with Crippen molar-refractivity contribution in [2.45, 2.75) is 48.2 Å². The summed E-state index contributed by atoms with van der Waals surface area (Å²) in [7, 11) is 0. The minimum absolute atomic E-state index is 0.0914. The van der Waals surface area contributed by atoms with E-state index in [1.54, 1.807) is 11.8 Å². The normalized spacial score (nSPS) is 13.8. The molecule has 0 fully saturated rings. The number of aromatic hydroxyl groups is 1. The van der Waals surface area contributed by atoms with E-state index in [0.29, 0.717) is 12.2 Å². The Morgan fingerprint density at radius 2 is 1.02 bits per heavy atom. The molecule has 0 aromatic heterocycles. The third kappa shape index (κ3) is 8.83. The first-order chi connectivity index (χ1) is 23.2. The summed E-state index contributed by atoms with van der Waals surface area (Å²) in [6.07, 6.45) is 11.9. The molecular weight excluding hydrogens is 625 g/mol. The van der Waals surface area contributed by atoms with Crippen LogP contribution in [0.5, 0.6) is 5.75 Å². The first-order valence-corrected chi connectivity index (χ1v) is 17.9. The van der Waals surface area contributed by atoms with Crippen LogP contribution >= 0.6 is 23.5 Å². The number of benzene rings is 5. The highest BCUT2D eigenvalue weighted by atomic mass is 32.2. The number of rotatable bonds is 9. The summed E-state index contributed by atoms with van der Waals surface area (Å²) < 4.78 is -0.0914. The van der Waals surface area contributed by atoms with Gasteiger partial charge in [0.05, 0.1) is 14.7 Å². The summed E-state index contributed by atoms with van der Waals surface area (Å²) in [4.78, 5) is 2.33. The summed E-state index contributed by atoms with van der Waals surface area (Å²) in [5.41, 5.74) is 9.00. The zero-order chi connectivity index (χ0) is 33.5. The Morgan fingerprint density at radius 1 is 0.542 bits per heavy atom. The Labute approximate surface area is 293 Å². The summed E-state index contributed by atoms with van der Waals surface area (Å²) >= 11 is 3.08. The van der Waals surface area contributed by atoms with Crippen molar-refractivity contribution in [1.29, 1.82) is 0 Å². The highest BCUT2D eigenvalue weighted by Gasteiger charge is 2.22. The van der Waals surface area contributed by atoms with E-state index in [1.807, 2.05) is 42.5 Å². The maximum atomic E-state index is 11.5. The lowest BCUT2D eigenvalue weighted by molar-refractivity contribution is 0.387. The molecule has 0 heterocycles. The fourth-order valence-corrected chi connectivity index (χ4v) is 7.63. The summed E-state index contributed by atoms with van der Waals surface area (Å²) in [5, 5.41) is 22.6. The molecule has 240 valence electrons. The molecule has 2 N–H and O–H groups in total. The number of aliphatic hydroxyl groups is 1. The van der Waals surface area contributed by atoms with E-state index in [-0.39, 0.29) is 10.5 Å². The van der Waals surface area contributed by atoms with Crippen molar-refractivity contribution in [3.63, 3.8) is 0 Å². The van der Waals surface area contributed by atoms with Crippen LogP contribution in [0.25, 0.3) is 41.0 Å². The van der Waals surface area contributed by atoms with Gasteiger partial charge in [0.25, 0.3) is 0 Å². The largest absolute Gasteiger partial charge is 0.511 e. The molecule has 0 bridgehead atoms. The highest BCUT2D eigenvalue weighted by Crippen LogP contribution is 2.48. The molecule has 1 aliphatic rings. The fourth-order valence-electron chi connectivity index (χ4n) is 5.47. The third-order valence-corrected chi connectivity index (χ3v) is 10.2. The first-order valence-electron chi connectivity index (χ1n) is 16.2. The van der Waals surface area contributed by atoms with Gasteiger partial charge in [-0.3, -0.25) is 0 Å². The van der Waals surface area contributed by atoms with Gasteiger partial charge in [0.2, 0.25) is 0 Å². The zero-order valence-electron chi connectivity index (χ0n) is 27.6. The molecule has 0 aliphatic heterocycles. The Balaban J connectivity index is 1.26. The van der Waals surface area contributed by atoms with Crippen LogP contribution in [0.1, 0.15) is 61.4 Å². The molecule has 0 saturated heterocycles. The number of hydrogen-bond donors (Lipinski definition) is 2. The van der Waals surface area contributed by atoms with Crippen molar-refractivity contribution in [1.82, 2.24) is 0 Å². The molecule has 0 unspecified atom stereocenters. The molecule has 0 saturated carbocycles. The minimum Gasteiger partial charge on any atom is -0.511 e. The molecule has 48 heavy (non-hydrogen) atoms. The van der Waals surface area contributed by atoms with Crippen LogP contribution in [-0.4, -0.2) is 15.0 Å². The average molecular weight is 665 g/mol. The van der Waals surface area contributed by atoms with Gasteiger partial charge < -0.3 is 10.2 Å². The molecular formula is C44H40O2S2. The monoisotopic (exact) mass is 664 g/mol. The predicted octanol–water partition coefficient (Wildman–Crippen LogP) is 13.0. The molecule has 0 spiro atoms. The number of hydrogen-bond acceptors (Lipinski definition) is 4. The second-order valence-electron chi connectivity index (χ2n) is 12.9. The number of allylic oxidation sites excluding steroid dienone is 3. The average Bonchev–Trinajstić information content (AvgIpc) is 3.10. The maximum Gasteiger partial charge on any atom is 0.143 e. The van der Waals surface area contributed by atoms with Crippen molar-refractivity contribution < 1.29 is 10.2 Å². The van der Waals surface area contributed by atoms with Crippen molar-refractivity contribution in [3.8, 4) is 16.9 Å². The summed E-state index contributed by atoms with van der Waals surface area (Å²) in [5.74, 6) is 0.608. The van der Waals surface area contributed by atoms with Gasteiger partial charge >= 0.3 is 0 Å². The summed E-state index contributed by atoms with van der Waals surface area (Å²) in [6.45, 7) is 6.45. The Morgan fingerprint density at radius 3 is 1.54 bits per heavy atom. The van der Waals surface area contributed by atoms with Crippen LogP contribution in [-0.2, 0) is 0 Å². The van der Waals surface area contributed by atoms with Crippen LogP contribution in [0.3, 0.4) is 0 Å². The molecule has 4 heteroatoms. The molecule has 0 radical (unpaired) electrons. The molecule has 2 nitrogen and oxygen atoms in total. The molecule has 0 amide bonds. The van der Waals surface area contributed by atoms with Crippen LogP contribution in [0.2, 0.25) is 0 Å². The Hall–Kier alpha value is -4.64. The quantitative estimate of drug-likeness (QED) is 0.122. The van der Waals surface area contributed by atoms with E-state index >= 15 is 0 Å². The number of phenolic OH excluding ortho intramolecular Hbond substituents is 1. The molecule has 6 rings (SSSR count). The summed E-state index contributed by atoms with van der Waals surface area (Å²) in [6, 6.07) is 41.8. The minimum atomic E-state index is -0.0914. The van der Waals surface area contributed by atoms with Crippen molar-refractivity contribution in [3.05, 3.63) is 166 Å². The zero-order valence-corrected chi connectivity index (χ0v) is 29.2. The van der Waals surface area contributed by atoms with E-state index in [4.69, 9.17) is 0 Å². The number of phenols is 1. The van der Waals surface area contributed by atoms with Crippen LogP contribution in [0.15, 0.2) is 148 Å². The van der Waals surface area contributed by atoms with Gasteiger partial charge in [-0.05, 0) is 69.1 Å². The second-order valence-corrected chi connectivity index (χ2v) is 15.8. The Bertz CT molecular complexity index is 1980. The van der Waals surface area contributed by atoms with Gasteiger partial charge in [-0.15, -0.1) is 11.8 Å². The smallest absolute Gasteiger partial charge is 0.143 e. The number of thioether (sulfide) groups is 2. The van der Waals surface area contributed by atoms with E-state index in [0.717, 1.165) is 54.5 Å². The van der Waals surface area contributed by atoms with Gasteiger partial charge in [-0.2, -0.15) is 0 Å². The lowest BCUT2D eigenvalue weighted by atomic mass is 9.95. The van der Waals surface area contributed by atoms with Gasteiger partial charge in [-0.1, -0.05) is 166 Å². The topological polar surface area (TPSA) is 40.5 Å². The van der Waals surface area contributed by atoms with Crippen LogP contribution < -0.4 is 0 Å². The Kier molecular flexibility index (Phi) is 10.4. The van der Waals surface area contributed by atoms with Gasteiger partial charge in [0.15, 0.2) is 0 Å². The fraction of sp³-hybridized carbons (Fsp3) is 0.136. The molecule has 5 aromatic rings. The second kappa shape index (κ2) is 15.1. The third-order valence-electron chi connectivity index (χ3n) is 7.96. The number of aliphatic hydroxyl groups excluding tert-OH is 1. The van der Waals surface area contributed by atoms with Gasteiger partial charge in [0, 0.05) is 11.2 Å².